The van der Waals surface area contributed by atoms with Gasteiger partial charge in [0.2, 0.25) is 0 Å². The van der Waals surface area contributed by atoms with Gasteiger partial charge in [-0.15, -0.1) is 0 Å². The van der Waals surface area contributed by atoms with Crippen molar-refractivity contribution in [3.05, 3.63) is 0 Å². The van der Waals surface area contributed by atoms with Crippen LogP contribution in [0.1, 0.15) is 42.0 Å². The van der Waals surface area contributed by atoms with E-state index in [0.717, 1.165) is 6.42 Å². The number of nitrogens with two attached hydrogens (primary N) is 1. The standard InChI is InChI=1S/C11H25NO5.C3H8.C2H6.H2/c12-2-6-16-10-8-14-4-1-5-15-9-11-17-7-3-13;1-3-2;1-2;/h13H,1-12H2;3H2,1-2H3;1-2H3;1H. The molecule has 0 aromatic heterocycles. The van der Waals surface area contributed by atoms with Crippen LogP contribution in [0.2, 0.25) is 0 Å². The van der Waals surface area contributed by atoms with E-state index in [4.69, 9.17) is 29.8 Å². The van der Waals surface area contributed by atoms with Crippen molar-refractivity contribution in [2.24, 2.45) is 5.73 Å². The Hall–Kier alpha value is -0.240. The van der Waals surface area contributed by atoms with Gasteiger partial charge in [0.1, 0.15) is 0 Å². The first-order valence-corrected chi connectivity index (χ1v) is 8.45. The normalized spacial score (nSPS) is 9.55. The first kappa shape index (κ1) is 26.6. The largest absolute Gasteiger partial charge is 0.394 e. The third-order valence-corrected chi connectivity index (χ3v) is 1.82. The fraction of sp³-hybridized carbons (Fsp3) is 1.00. The molecule has 0 amide bonds. The van der Waals surface area contributed by atoms with E-state index in [1.807, 2.05) is 13.8 Å². The average Bonchev–Trinajstić information content (AvgIpc) is 2.54. The highest BCUT2D eigenvalue weighted by molar-refractivity contribution is 4.37. The van der Waals surface area contributed by atoms with E-state index in [9.17, 15) is 0 Å². The molecule has 0 aliphatic rings. The van der Waals surface area contributed by atoms with Gasteiger partial charge in [-0.05, 0) is 6.42 Å². The molecule has 0 atom stereocenters. The summed E-state index contributed by atoms with van der Waals surface area (Å²) in [6.45, 7) is 13.4. The zero-order chi connectivity index (χ0) is 17.3. The van der Waals surface area contributed by atoms with Crippen LogP contribution >= 0.6 is 0 Å². The summed E-state index contributed by atoms with van der Waals surface area (Å²) in [5.41, 5.74) is 5.26. The van der Waals surface area contributed by atoms with E-state index < -0.39 is 0 Å². The van der Waals surface area contributed by atoms with Gasteiger partial charge in [0, 0.05) is 21.2 Å². The number of aliphatic hydroxyl groups is 1. The fourth-order valence-corrected chi connectivity index (χ4v) is 1.05. The van der Waals surface area contributed by atoms with Crippen LogP contribution in [0, 0.1) is 0 Å². The van der Waals surface area contributed by atoms with E-state index in [2.05, 4.69) is 13.8 Å². The molecule has 6 heteroatoms. The Bertz CT molecular complexity index is 142. The van der Waals surface area contributed by atoms with Crippen molar-refractivity contribution in [2.75, 3.05) is 66.0 Å². The summed E-state index contributed by atoms with van der Waals surface area (Å²) in [5, 5.41) is 8.44. The molecule has 0 unspecified atom stereocenters. The van der Waals surface area contributed by atoms with E-state index in [1.165, 1.54) is 6.42 Å². The van der Waals surface area contributed by atoms with Gasteiger partial charge in [0.15, 0.2) is 0 Å². The van der Waals surface area contributed by atoms with Gasteiger partial charge in [0.25, 0.3) is 0 Å². The van der Waals surface area contributed by atoms with Crippen molar-refractivity contribution >= 4 is 0 Å². The summed E-state index contributed by atoms with van der Waals surface area (Å²) in [6, 6.07) is 0. The summed E-state index contributed by atoms with van der Waals surface area (Å²) in [4.78, 5) is 0. The molecule has 0 fully saturated rings. The molecule has 0 heterocycles. The molecule has 0 saturated heterocycles. The predicted octanol–water partition coefficient (Wildman–Crippen LogP) is 2.08. The van der Waals surface area contributed by atoms with Gasteiger partial charge in [-0.2, -0.15) is 0 Å². The van der Waals surface area contributed by atoms with Crippen molar-refractivity contribution in [2.45, 2.75) is 40.5 Å². The lowest BCUT2D eigenvalue weighted by atomic mass is 10.5. The van der Waals surface area contributed by atoms with Crippen LogP contribution in [0.25, 0.3) is 0 Å². The van der Waals surface area contributed by atoms with E-state index >= 15 is 0 Å². The molecule has 0 bridgehead atoms. The van der Waals surface area contributed by atoms with Crippen LogP contribution in [0.3, 0.4) is 0 Å². The predicted molar refractivity (Wildman–Crippen MR) is 93.5 cm³/mol. The van der Waals surface area contributed by atoms with Gasteiger partial charge < -0.3 is 29.8 Å². The second-order valence-corrected chi connectivity index (χ2v) is 4.02. The molecule has 6 nitrogen and oxygen atoms in total. The van der Waals surface area contributed by atoms with Crippen LogP contribution in [0.15, 0.2) is 0 Å². The van der Waals surface area contributed by atoms with Crippen molar-refractivity contribution < 1.29 is 25.5 Å². The van der Waals surface area contributed by atoms with Crippen molar-refractivity contribution in [3.8, 4) is 0 Å². The lowest BCUT2D eigenvalue weighted by Gasteiger charge is -2.06. The Morgan fingerprint density at radius 3 is 1.45 bits per heavy atom. The Balaban J connectivity index is -0.000000267. The molecular weight excluding hydrogens is 286 g/mol. The molecule has 0 spiro atoms. The smallest absolute Gasteiger partial charge is 0.0701 e. The lowest BCUT2D eigenvalue weighted by Crippen LogP contribution is -2.13. The van der Waals surface area contributed by atoms with E-state index in [0.29, 0.717) is 59.4 Å². The first-order chi connectivity index (χ1) is 10.8. The molecule has 0 saturated carbocycles. The minimum atomic E-state index is 0. The topological polar surface area (TPSA) is 83.2 Å². The quantitative estimate of drug-likeness (QED) is 0.475. The van der Waals surface area contributed by atoms with Crippen LogP contribution in [-0.4, -0.2) is 71.1 Å². The van der Waals surface area contributed by atoms with Crippen molar-refractivity contribution in [1.82, 2.24) is 0 Å². The maximum atomic E-state index is 8.44. The average molecular weight is 328 g/mol. The Labute approximate surface area is 138 Å². The molecule has 0 rings (SSSR count). The van der Waals surface area contributed by atoms with Crippen molar-refractivity contribution in [3.63, 3.8) is 0 Å². The Morgan fingerprint density at radius 2 is 1.09 bits per heavy atom. The van der Waals surface area contributed by atoms with Gasteiger partial charge in [-0.3, -0.25) is 0 Å². The Morgan fingerprint density at radius 1 is 0.727 bits per heavy atom. The first-order valence-electron chi connectivity index (χ1n) is 8.45. The molecule has 140 valence electrons. The molecule has 22 heavy (non-hydrogen) atoms. The molecule has 0 radical (unpaired) electrons. The van der Waals surface area contributed by atoms with Gasteiger partial charge in [-0.1, -0.05) is 34.1 Å². The van der Waals surface area contributed by atoms with Gasteiger partial charge in [0.05, 0.1) is 46.2 Å². The monoisotopic (exact) mass is 327 g/mol. The fourth-order valence-electron chi connectivity index (χ4n) is 1.05. The molecule has 0 aliphatic carbocycles. The second kappa shape index (κ2) is 32.6. The zero-order valence-electron chi connectivity index (χ0n) is 15.1. The summed E-state index contributed by atoms with van der Waals surface area (Å²) >= 11 is 0. The number of rotatable bonds is 14. The minimum absolute atomic E-state index is 0. The molecule has 0 aromatic carbocycles. The highest BCUT2D eigenvalue weighted by Crippen LogP contribution is 1.86. The zero-order valence-corrected chi connectivity index (χ0v) is 15.1. The lowest BCUT2D eigenvalue weighted by molar-refractivity contribution is 0.0168. The Kier molecular flexibility index (Phi) is 39.5. The van der Waals surface area contributed by atoms with Crippen molar-refractivity contribution in [1.29, 1.82) is 0 Å². The summed E-state index contributed by atoms with van der Waals surface area (Å²) < 4.78 is 20.8. The highest BCUT2D eigenvalue weighted by atomic mass is 16.5. The van der Waals surface area contributed by atoms with Crippen LogP contribution < -0.4 is 5.73 Å². The summed E-state index contributed by atoms with van der Waals surface area (Å²) in [7, 11) is 0. The second-order valence-electron chi connectivity index (χ2n) is 4.02. The molecule has 3 N–H and O–H groups in total. The summed E-state index contributed by atoms with van der Waals surface area (Å²) in [6.07, 6.45) is 2.11. The van der Waals surface area contributed by atoms with Crippen LogP contribution in [0.5, 0.6) is 0 Å². The molecule has 0 aliphatic heterocycles. The van der Waals surface area contributed by atoms with Gasteiger partial charge >= 0.3 is 0 Å². The summed E-state index contributed by atoms with van der Waals surface area (Å²) in [5.74, 6) is 0. The molecule has 0 aromatic rings. The maximum Gasteiger partial charge on any atom is 0.0701 e. The highest BCUT2D eigenvalue weighted by Gasteiger charge is 1.92. The van der Waals surface area contributed by atoms with E-state index in [1.54, 1.807) is 0 Å². The minimum Gasteiger partial charge on any atom is -0.394 e. The third-order valence-electron chi connectivity index (χ3n) is 1.82. The third kappa shape index (κ3) is 36.7. The van der Waals surface area contributed by atoms with Crippen LogP contribution in [0.4, 0.5) is 0 Å². The number of aliphatic hydroxyl groups excluding tert-OH is 1. The number of ether oxygens (including phenoxy) is 4. The molecular formula is C16H41NO5. The SMILES string of the molecule is CC.CCC.NCCOCCOCCCOCCOCCO.[HH]. The van der Waals surface area contributed by atoms with E-state index in [-0.39, 0.29) is 8.03 Å². The van der Waals surface area contributed by atoms with Gasteiger partial charge in [-0.25, -0.2) is 0 Å². The number of hydrogen-bond donors (Lipinski definition) is 2. The van der Waals surface area contributed by atoms with Crippen LogP contribution in [-0.2, 0) is 18.9 Å². The number of hydrogen-bond acceptors (Lipinski definition) is 6. The maximum absolute atomic E-state index is 8.44.